The van der Waals surface area contributed by atoms with Crippen LogP contribution in [-0.4, -0.2) is 57.0 Å². The summed E-state index contributed by atoms with van der Waals surface area (Å²) in [5.41, 5.74) is 0.593. The SMILES string of the molecule is CC[Si](CC)(O[C@H]1C[C@@H](O)O[C@@H](C)[C@H]1N(C)C)C(C)C. The largest absolute Gasteiger partial charge is 0.412 e. The lowest BCUT2D eigenvalue weighted by Gasteiger charge is -2.47. The van der Waals surface area contributed by atoms with Crippen molar-refractivity contribution in [2.75, 3.05) is 14.1 Å². The van der Waals surface area contributed by atoms with Gasteiger partial charge in [0.1, 0.15) is 0 Å². The highest BCUT2D eigenvalue weighted by Gasteiger charge is 2.44. The van der Waals surface area contributed by atoms with E-state index in [0.29, 0.717) is 12.0 Å². The van der Waals surface area contributed by atoms with E-state index in [2.05, 4.69) is 46.7 Å². The molecule has 4 atom stereocenters. The normalized spacial score (nSPS) is 32.1. The molecule has 0 aromatic rings. The first-order chi connectivity index (χ1) is 9.27. The van der Waals surface area contributed by atoms with Crippen LogP contribution < -0.4 is 0 Å². The van der Waals surface area contributed by atoms with Crippen LogP contribution in [0.15, 0.2) is 0 Å². The maximum atomic E-state index is 9.93. The summed E-state index contributed by atoms with van der Waals surface area (Å²) in [6.45, 7) is 11.1. The summed E-state index contributed by atoms with van der Waals surface area (Å²) in [5, 5.41) is 9.93. The lowest BCUT2D eigenvalue weighted by atomic mass is 9.99. The molecule has 0 spiro atoms. The Morgan fingerprint density at radius 1 is 1.30 bits per heavy atom. The number of aliphatic hydroxyl groups is 1. The first-order valence-corrected chi connectivity index (χ1v) is 10.3. The molecule has 1 fully saturated rings. The van der Waals surface area contributed by atoms with Gasteiger partial charge in [0.2, 0.25) is 0 Å². The third-order valence-electron chi connectivity index (χ3n) is 4.90. The van der Waals surface area contributed by atoms with Crippen molar-refractivity contribution in [2.24, 2.45) is 0 Å². The van der Waals surface area contributed by atoms with Gasteiger partial charge in [0, 0.05) is 6.42 Å². The van der Waals surface area contributed by atoms with Gasteiger partial charge in [0.05, 0.1) is 18.2 Å². The third-order valence-corrected chi connectivity index (χ3v) is 10.2. The maximum absolute atomic E-state index is 9.93. The van der Waals surface area contributed by atoms with E-state index in [1.165, 1.54) is 0 Å². The van der Waals surface area contributed by atoms with Crippen molar-refractivity contribution in [1.82, 2.24) is 4.90 Å². The molecule has 1 rings (SSSR count). The molecular formula is C15H33NO3Si. The smallest absolute Gasteiger partial charge is 0.195 e. The molecular weight excluding hydrogens is 270 g/mol. The molecule has 0 aromatic heterocycles. The molecule has 0 aromatic carbocycles. The van der Waals surface area contributed by atoms with Crippen molar-refractivity contribution in [3.63, 3.8) is 0 Å². The summed E-state index contributed by atoms with van der Waals surface area (Å²) in [5.74, 6) is 0. The van der Waals surface area contributed by atoms with Crippen molar-refractivity contribution < 1.29 is 14.3 Å². The van der Waals surface area contributed by atoms with Crippen molar-refractivity contribution in [3.05, 3.63) is 0 Å². The van der Waals surface area contributed by atoms with Crippen molar-refractivity contribution >= 4 is 8.32 Å². The van der Waals surface area contributed by atoms with Crippen LogP contribution in [-0.2, 0) is 9.16 Å². The molecule has 20 heavy (non-hydrogen) atoms. The summed E-state index contributed by atoms with van der Waals surface area (Å²) in [4.78, 5) is 2.17. The van der Waals surface area contributed by atoms with E-state index in [4.69, 9.17) is 9.16 Å². The molecule has 1 saturated heterocycles. The zero-order valence-corrected chi connectivity index (χ0v) is 15.2. The van der Waals surface area contributed by atoms with Crippen LogP contribution in [0.3, 0.4) is 0 Å². The van der Waals surface area contributed by atoms with Gasteiger partial charge in [-0.25, -0.2) is 0 Å². The second kappa shape index (κ2) is 7.36. The first kappa shape index (κ1) is 18.1. The molecule has 0 radical (unpaired) electrons. The van der Waals surface area contributed by atoms with E-state index in [0.717, 1.165) is 12.1 Å². The number of likely N-dealkylation sites (N-methyl/N-ethyl adjacent to an activating group) is 1. The minimum atomic E-state index is -1.75. The molecule has 5 heteroatoms. The Bertz CT molecular complexity index is 295. The fraction of sp³-hybridized carbons (Fsp3) is 1.00. The quantitative estimate of drug-likeness (QED) is 0.766. The van der Waals surface area contributed by atoms with E-state index in [9.17, 15) is 5.11 Å². The summed E-state index contributed by atoms with van der Waals surface area (Å²) in [6.07, 6.45) is -0.0582. The van der Waals surface area contributed by atoms with Crippen molar-refractivity contribution in [1.29, 1.82) is 0 Å². The van der Waals surface area contributed by atoms with E-state index in [1.54, 1.807) is 0 Å². The first-order valence-electron chi connectivity index (χ1n) is 7.95. The topological polar surface area (TPSA) is 41.9 Å². The van der Waals surface area contributed by atoms with Gasteiger partial charge < -0.3 is 19.2 Å². The Morgan fingerprint density at radius 3 is 2.25 bits per heavy atom. The van der Waals surface area contributed by atoms with Crippen molar-refractivity contribution in [2.45, 2.75) is 83.2 Å². The highest BCUT2D eigenvalue weighted by molar-refractivity contribution is 6.75. The summed E-state index contributed by atoms with van der Waals surface area (Å²) in [6, 6.07) is 2.47. The Kier molecular flexibility index (Phi) is 6.66. The molecule has 0 amide bonds. The molecule has 0 unspecified atom stereocenters. The van der Waals surface area contributed by atoms with E-state index >= 15 is 0 Å². The van der Waals surface area contributed by atoms with E-state index in [-0.39, 0.29) is 18.2 Å². The standard InChI is InChI=1S/C15H33NO3Si/c1-8-20(9-2,11(3)4)19-13-10-14(17)18-12(5)15(13)16(6)7/h11-15,17H,8-10H2,1-7H3/t12-,13-,14-,15+/m0/s1. The monoisotopic (exact) mass is 303 g/mol. The predicted molar refractivity (Wildman–Crippen MR) is 85.3 cm³/mol. The van der Waals surface area contributed by atoms with Gasteiger partial charge in [-0.2, -0.15) is 0 Å². The summed E-state index contributed by atoms with van der Waals surface area (Å²) < 4.78 is 12.3. The van der Waals surface area contributed by atoms with E-state index in [1.807, 2.05) is 6.92 Å². The maximum Gasteiger partial charge on any atom is 0.195 e. The number of hydrogen-bond acceptors (Lipinski definition) is 4. The van der Waals surface area contributed by atoms with Gasteiger partial charge in [-0.15, -0.1) is 0 Å². The molecule has 0 bridgehead atoms. The number of ether oxygens (including phenoxy) is 1. The fourth-order valence-electron chi connectivity index (χ4n) is 3.57. The van der Waals surface area contributed by atoms with Crippen LogP contribution in [0, 0.1) is 0 Å². The van der Waals surface area contributed by atoms with Crippen LogP contribution in [0.1, 0.15) is 41.0 Å². The van der Waals surface area contributed by atoms with Gasteiger partial charge in [-0.3, -0.25) is 0 Å². The molecule has 0 saturated carbocycles. The third kappa shape index (κ3) is 3.83. The number of hydrogen-bond donors (Lipinski definition) is 1. The zero-order valence-electron chi connectivity index (χ0n) is 14.2. The fourth-order valence-corrected chi connectivity index (χ4v) is 7.14. The number of rotatable bonds is 6. The van der Waals surface area contributed by atoms with Gasteiger partial charge in [-0.1, -0.05) is 27.7 Å². The van der Waals surface area contributed by atoms with Crippen LogP contribution in [0.5, 0.6) is 0 Å². The molecule has 1 aliphatic rings. The van der Waals surface area contributed by atoms with Gasteiger partial charge in [-0.05, 0) is 38.6 Å². The van der Waals surface area contributed by atoms with Crippen molar-refractivity contribution in [3.8, 4) is 0 Å². The molecule has 120 valence electrons. The summed E-state index contributed by atoms with van der Waals surface area (Å²) >= 11 is 0. The number of nitrogens with zero attached hydrogens (tertiary/aromatic N) is 1. The average Bonchev–Trinajstić information content (AvgIpc) is 2.34. The molecule has 1 aliphatic heterocycles. The Hall–Kier alpha value is 0.0569. The van der Waals surface area contributed by atoms with Crippen LogP contribution >= 0.6 is 0 Å². The second-order valence-electron chi connectivity index (χ2n) is 6.57. The summed E-state index contributed by atoms with van der Waals surface area (Å²) in [7, 11) is 2.38. The molecule has 1 heterocycles. The Balaban J connectivity index is 2.94. The van der Waals surface area contributed by atoms with Gasteiger partial charge >= 0.3 is 0 Å². The lowest BCUT2D eigenvalue weighted by Crippen LogP contribution is -2.58. The van der Waals surface area contributed by atoms with Gasteiger partial charge in [0.25, 0.3) is 0 Å². The lowest BCUT2D eigenvalue weighted by molar-refractivity contribution is -0.206. The van der Waals surface area contributed by atoms with Gasteiger partial charge in [0.15, 0.2) is 14.6 Å². The second-order valence-corrected chi connectivity index (χ2v) is 11.5. The predicted octanol–water partition coefficient (Wildman–Crippen LogP) is 2.82. The Labute approximate surface area is 125 Å². The highest BCUT2D eigenvalue weighted by Crippen LogP contribution is 2.35. The van der Waals surface area contributed by atoms with Crippen LogP contribution in [0.25, 0.3) is 0 Å². The van der Waals surface area contributed by atoms with E-state index < -0.39 is 14.6 Å². The zero-order chi connectivity index (χ0) is 15.5. The van der Waals surface area contributed by atoms with Crippen LogP contribution in [0.2, 0.25) is 17.6 Å². The van der Waals surface area contributed by atoms with Crippen LogP contribution in [0.4, 0.5) is 0 Å². The average molecular weight is 304 g/mol. The number of aliphatic hydroxyl groups excluding tert-OH is 1. The minimum absolute atomic E-state index is 0.00803. The highest BCUT2D eigenvalue weighted by atomic mass is 28.4. The molecule has 4 nitrogen and oxygen atoms in total. The minimum Gasteiger partial charge on any atom is -0.412 e. The molecule has 0 aliphatic carbocycles. The molecule has 1 N–H and O–H groups in total. The Morgan fingerprint density at radius 2 is 1.85 bits per heavy atom.